The number of hydrogen-bond acceptors (Lipinski definition) is 1. The Balaban J connectivity index is 2.97. The lowest BCUT2D eigenvalue weighted by atomic mass is 9.88. The van der Waals surface area contributed by atoms with Crippen molar-refractivity contribution >= 4 is 0 Å². The summed E-state index contributed by atoms with van der Waals surface area (Å²) in [6, 6.07) is 0. The zero-order chi connectivity index (χ0) is 11.9. The monoisotopic (exact) mass is 220 g/mol. The molecule has 0 aliphatic rings. The van der Waals surface area contributed by atoms with Crippen molar-refractivity contribution in [2.75, 3.05) is 0 Å². The topological polar surface area (TPSA) is 17.8 Å². The number of halogens is 3. The van der Waals surface area contributed by atoms with Crippen LogP contribution >= 0.6 is 0 Å². The Hall–Kier alpha value is -1.00. The van der Waals surface area contributed by atoms with Gasteiger partial charge in [0.05, 0.1) is 5.69 Å². The molecule has 1 rings (SSSR count). The van der Waals surface area contributed by atoms with Crippen molar-refractivity contribution in [1.29, 1.82) is 0 Å². The highest BCUT2D eigenvalue weighted by atomic mass is 19.4. The molecule has 0 atom stereocenters. The molecular weight excluding hydrogens is 205 g/mol. The van der Waals surface area contributed by atoms with E-state index >= 15 is 0 Å². The molecule has 1 heterocycles. The minimum atomic E-state index is -4.21. The zero-order valence-corrected chi connectivity index (χ0v) is 9.31. The smallest absolute Gasteiger partial charge is 0.263 e. The SMILES string of the molecule is Cc1nn(CC(F)(F)F)cc1C(C)(C)C. The van der Waals surface area contributed by atoms with Gasteiger partial charge in [-0.2, -0.15) is 18.3 Å². The molecule has 5 heteroatoms. The van der Waals surface area contributed by atoms with E-state index in [1.54, 1.807) is 6.92 Å². The quantitative estimate of drug-likeness (QED) is 0.711. The van der Waals surface area contributed by atoms with Gasteiger partial charge in [-0.15, -0.1) is 0 Å². The average Bonchev–Trinajstić information content (AvgIpc) is 2.25. The van der Waals surface area contributed by atoms with Crippen molar-refractivity contribution in [2.24, 2.45) is 0 Å². The Labute approximate surface area is 87.1 Å². The van der Waals surface area contributed by atoms with E-state index in [4.69, 9.17) is 0 Å². The van der Waals surface area contributed by atoms with Gasteiger partial charge in [-0.3, -0.25) is 4.68 Å². The lowest BCUT2D eigenvalue weighted by molar-refractivity contribution is -0.142. The second-order valence-electron chi connectivity index (χ2n) is 4.69. The van der Waals surface area contributed by atoms with Crippen molar-refractivity contribution in [3.8, 4) is 0 Å². The molecule has 15 heavy (non-hydrogen) atoms. The first kappa shape index (κ1) is 12.1. The summed E-state index contributed by atoms with van der Waals surface area (Å²) in [5.41, 5.74) is 1.34. The Morgan fingerprint density at radius 1 is 1.27 bits per heavy atom. The summed E-state index contributed by atoms with van der Waals surface area (Å²) in [6.07, 6.45) is -2.74. The zero-order valence-electron chi connectivity index (χ0n) is 9.31. The summed E-state index contributed by atoms with van der Waals surface area (Å²) in [5, 5.41) is 3.86. The van der Waals surface area contributed by atoms with Crippen molar-refractivity contribution in [3.05, 3.63) is 17.5 Å². The molecule has 0 fully saturated rings. The highest BCUT2D eigenvalue weighted by Crippen LogP contribution is 2.26. The summed E-state index contributed by atoms with van der Waals surface area (Å²) in [4.78, 5) is 0. The van der Waals surface area contributed by atoms with Crippen LogP contribution in [0.2, 0.25) is 0 Å². The van der Waals surface area contributed by atoms with Gasteiger partial charge in [0.1, 0.15) is 6.54 Å². The van der Waals surface area contributed by atoms with Gasteiger partial charge in [0.2, 0.25) is 0 Å². The van der Waals surface area contributed by atoms with Crippen molar-refractivity contribution in [1.82, 2.24) is 9.78 Å². The molecule has 0 spiro atoms. The predicted molar refractivity (Wildman–Crippen MR) is 51.7 cm³/mol. The highest BCUT2D eigenvalue weighted by Gasteiger charge is 2.29. The minimum Gasteiger partial charge on any atom is -0.263 e. The number of hydrogen-bond donors (Lipinski definition) is 0. The molecule has 0 amide bonds. The number of nitrogens with zero attached hydrogens (tertiary/aromatic N) is 2. The summed E-state index contributed by atoms with van der Waals surface area (Å²) >= 11 is 0. The fourth-order valence-electron chi connectivity index (χ4n) is 1.52. The molecule has 0 bridgehead atoms. The maximum atomic E-state index is 12.1. The predicted octanol–water partition coefficient (Wildman–Crippen LogP) is 3.05. The van der Waals surface area contributed by atoms with E-state index in [1.165, 1.54) is 6.20 Å². The summed E-state index contributed by atoms with van der Waals surface area (Å²) < 4.78 is 37.3. The summed E-state index contributed by atoms with van der Waals surface area (Å²) in [6.45, 7) is 6.57. The van der Waals surface area contributed by atoms with Crippen molar-refractivity contribution < 1.29 is 13.2 Å². The van der Waals surface area contributed by atoms with Gasteiger partial charge in [-0.1, -0.05) is 20.8 Å². The van der Waals surface area contributed by atoms with Crippen LogP contribution in [-0.2, 0) is 12.0 Å². The molecule has 1 aromatic rings. The van der Waals surface area contributed by atoms with E-state index in [1.807, 2.05) is 20.8 Å². The average molecular weight is 220 g/mol. The van der Waals surface area contributed by atoms with E-state index in [2.05, 4.69) is 5.10 Å². The van der Waals surface area contributed by atoms with Crippen molar-refractivity contribution in [2.45, 2.75) is 45.8 Å². The van der Waals surface area contributed by atoms with Crippen LogP contribution in [-0.4, -0.2) is 16.0 Å². The van der Waals surface area contributed by atoms with Crippen LogP contribution in [0.5, 0.6) is 0 Å². The normalized spacial score (nSPS) is 13.3. The summed E-state index contributed by atoms with van der Waals surface area (Å²) in [7, 11) is 0. The van der Waals surface area contributed by atoms with Crippen LogP contribution in [0.4, 0.5) is 13.2 Å². The second-order valence-corrected chi connectivity index (χ2v) is 4.69. The van der Waals surface area contributed by atoms with Gasteiger partial charge in [-0.25, -0.2) is 0 Å². The fraction of sp³-hybridized carbons (Fsp3) is 0.700. The third kappa shape index (κ3) is 3.25. The second kappa shape index (κ2) is 3.54. The molecule has 1 aromatic heterocycles. The van der Waals surface area contributed by atoms with Gasteiger partial charge in [-0.05, 0) is 17.9 Å². The molecule has 0 aromatic carbocycles. The molecule has 0 unspecified atom stereocenters. The molecule has 2 nitrogen and oxygen atoms in total. The van der Waals surface area contributed by atoms with Crippen LogP contribution in [0.1, 0.15) is 32.0 Å². The standard InChI is InChI=1S/C10H15F3N2/c1-7-8(9(2,3)4)5-15(14-7)6-10(11,12)13/h5H,6H2,1-4H3. The Morgan fingerprint density at radius 3 is 2.13 bits per heavy atom. The van der Waals surface area contributed by atoms with Gasteiger partial charge in [0, 0.05) is 6.20 Å². The van der Waals surface area contributed by atoms with Gasteiger partial charge in [0.25, 0.3) is 0 Å². The summed E-state index contributed by atoms with van der Waals surface area (Å²) in [5.74, 6) is 0. The van der Waals surface area contributed by atoms with Crippen LogP contribution in [0.3, 0.4) is 0 Å². The minimum absolute atomic E-state index is 0.173. The first-order chi connectivity index (χ1) is 6.59. The van der Waals surface area contributed by atoms with Crippen LogP contribution < -0.4 is 0 Å². The molecule has 0 aliphatic carbocycles. The molecule has 0 aliphatic heterocycles. The lowest BCUT2D eigenvalue weighted by Gasteiger charge is -2.16. The van der Waals surface area contributed by atoms with E-state index in [-0.39, 0.29) is 5.41 Å². The molecular formula is C10H15F3N2. The van der Waals surface area contributed by atoms with Gasteiger partial charge >= 0.3 is 6.18 Å². The van der Waals surface area contributed by atoms with E-state index in [9.17, 15) is 13.2 Å². The molecule has 0 radical (unpaired) electrons. The molecule has 0 saturated carbocycles. The van der Waals surface area contributed by atoms with E-state index in [0.29, 0.717) is 5.69 Å². The molecule has 0 N–H and O–H groups in total. The van der Waals surface area contributed by atoms with Crippen LogP contribution in [0, 0.1) is 6.92 Å². The van der Waals surface area contributed by atoms with Crippen LogP contribution in [0.15, 0.2) is 6.20 Å². The highest BCUT2D eigenvalue weighted by molar-refractivity contribution is 5.23. The maximum Gasteiger partial charge on any atom is 0.408 e. The fourth-order valence-corrected chi connectivity index (χ4v) is 1.52. The number of aryl methyl sites for hydroxylation is 1. The van der Waals surface area contributed by atoms with Crippen LogP contribution in [0.25, 0.3) is 0 Å². The Kier molecular flexibility index (Phi) is 2.85. The Morgan fingerprint density at radius 2 is 1.80 bits per heavy atom. The van der Waals surface area contributed by atoms with E-state index < -0.39 is 12.7 Å². The Bertz CT molecular complexity index is 345. The molecule has 0 saturated heterocycles. The van der Waals surface area contributed by atoms with Gasteiger partial charge < -0.3 is 0 Å². The number of alkyl halides is 3. The van der Waals surface area contributed by atoms with E-state index in [0.717, 1.165) is 10.2 Å². The lowest BCUT2D eigenvalue weighted by Crippen LogP contribution is -2.18. The number of aromatic nitrogens is 2. The third-order valence-electron chi connectivity index (χ3n) is 2.10. The molecule has 86 valence electrons. The third-order valence-corrected chi connectivity index (χ3v) is 2.10. The first-order valence-electron chi connectivity index (χ1n) is 4.71. The first-order valence-corrected chi connectivity index (χ1v) is 4.71. The largest absolute Gasteiger partial charge is 0.408 e. The van der Waals surface area contributed by atoms with Gasteiger partial charge in [0.15, 0.2) is 0 Å². The number of rotatable bonds is 1. The van der Waals surface area contributed by atoms with Crippen molar-refractivity contribution in [3.63, 3.8) is 0 Å². The maximum absolute atomic E-state index is 12.1.